The summed E-state index contributed by atoms with van der Waals surface area (Å²) in [5, 5.41) is 13.0. The van der Waals surface area contributed by atoms with E-state index in [1.165, 1.54) is 6.07 Å². The molecule has 2 aliphatic rings. The minimum Gasteiger partial charge on any atom is -0.465 e. The number of carbonyl (C=O) groups is 5. The molecule has 5 N–H and O–H groups in total. The van der Waals surface area contributed by atoms with E-state index in [9.17, 15) is 24.0 Å². The van der Waals surface area contributed by atoms with Gasteiger partial charge in [0.15, 0.2) is 0 Å². The van der Waals surface area contributed by atoms with Crippen molar-refractivity contribution in [2.45, 2.75) is 57.2 Å². The van der Waals surface area contributed by atoms with Gasteiger partial charge in [-0.15, -0.1) is 0 Å². The summed E-state index contributed by atoms with van der Waals surface area (Å²) in [6.07, 6.45) is 2.19. The van der Waals surface area contributed by atoms with Gasteiger partial charge < -0.3 is 30.4 Å². The first kappa shape index (κ1) is 30.2. The van der Waals surface area contributed by atoms with E-state index in [-0.39, 0.29) is 37.0 Å². The summed E-state index contributed by atoms with van der Waals surface area (Å²) in [5.41, 5.74) is 7.05. The van der Waals surface area contributed by atoms with E-state index in [1.54, 1.807) is 12.1 Å². The summed E-state index contributed by atoms with van der Waals surface area (Å²) in [6, 6.07) is 3.86. The largest absolute Gasteiger partial charge is 0.465 e. The van der Waals surface area contributed by atoms with E-state index < -0.39 is 42.0 Å². The van der Waals surface area contributed by atoms with Crippen molar-refractivity contribution in [3.63, 3.8) is 0 Å². The Labute approximate surface area is 226 Å². The second-order valence-electron chi connectivity index (χ2n) is 9.27. The maximum Gasteiger partial charge on any atom is 0.404 e. The van der Waals surface area contributed by atoms with Gasteiger partial charge in [-0.2, -0.15) is 0 Å². The van der Waals surface area contributed by atoms with Crippen LogP contribution in [0.5, 0.6) is 0 Å². The molecule has 39 heavy (non-hydrogen) atoms. The number of carbonyl (C=O) groups excluding carboxylic acids is 4. The van der Waals surface area contributed by atoms with Crippen molar-refractivity contribution >= 4 is 29.7 Å². The predicted octanol–water partition coefficient (Wildman–Crippen LogP) is 0.793. The second-order valence-corrected chi connectivity index (χ2v) is 9.27. The van der Waals surface area contributed by atoms with Gasteiger partial charge in [-0.25, -0.2) is 4.79 Å². The number of nitrogens with one attached hydrogen (secondary N) is 2. The normalized spacial score (nSPS) is 17.8. The maximum absolute atomic E-state index is 13.1. The number of ether oxygens (including phenoxy) is 3. The third-order valence-corrected chi connectivity index (χ3v) is 6.40. The molecule has 13 heteroatoms. The number of nitrogens with two attached hydrogens (primary N) is 1. The van der Waals surface area contributed by atoms with E-state index in [4.69, 9.17) is 25.1 Å². The number of imide groups is 2. The maximum atomic E-state index is 13.1. The van der Waals surface area contributed by atoms with Crippen LogP contribution in [0.1, 0.15) is 64.8 Å². The number of fused-ring (bicyclic) bond motifs is 1. The molecule has 1 saturated heterocycles. The van der Waals surface area contributed by atoms with Gasteiger partial charge in [-0.3, -0.25) is 29.4 Å². The molecule has 5 amide bonds. The molecule has 1 fully saturated rings. The Kier molecular flexibility index (Phi) is 11.8. The summed E-state index contributed by atoms with van der Waals surface area (Å²) in [5.74, 6) is -2.23. The lowest BCUT2D eigenvalue weighted by molar-refractivity contribution is -0.136. The topological polar surface area (TPSA) is 187 Å². The Hall–Kier alpha value is -3.39. The van der Waals surface area contributed by atoms with Crippen molar-refractivity contribution in [1.29, 1.82) is 0 Å². The molecule has 0 spiro atoms. The Bertz CT molecular complexity index is 1050. The summed E-state index contributed by atoms with van der Waals surface area (Å²) in [6.45, 7) is 2.46. The van der Waals surface area contributed by atoms with Gasteiger partial charge in [0.2, 0.25) is 11.8 Å². The third kappa shape index (κ3) is 8.82. The smallest absolute Gasteiger partial charge is 0.404 e. The van der Waals surface area contributed by atoms with Crippen molar-refractivity contribution in [2.75, 3.05) is 39.6 Å². The zero-order chi connectivity index (χ0) is 28.2. The number of piperidine rings is 1. The predicted molar refractivity (Wildman–Crippen MR) is 137 cm³/mol. The molecule has 2 unspecified atom stereocenters. The molecule has 1 aromatic carbocycles. The molecule has 0 bridgehead atoms. The van der Waals surface area contributed by atoms with Crippen LogP contribution in [0.25, 0.3) is 0 Å². The van der Waals surface area contributed by atoms with Crippen molar-refractivity contribution in [2.24, 2.45) is 5.73 Å². The van der Waals surface area contributed by atoms with E-state index in [1.807, 2.05) is 0 Å². The summed E-state index contributed by atoms with van der Waals surface area (Å²) >= 11 is 0. The monoisotopic (exact) mass is 548 g/mol. The van der Waals surface area contributed by atoms with E-state index in [2.05, 4.69) is 10.6 Å². The van der Waals surface area contributed by atoms with E-state index in [0.29, 0.717) is 38.5 Å². The van der Waals surface area contributed by atoms with Gasteiger partial charge in [0, 0.05) is 26.0 Å². The summed E-state index contributed by atoms with van der Waals surface area (Å²) in [7, 11) is 0. The number of nitrogens with zero attached hydrogens (tertiary/aromatic N) is 1. The van der Waals surface area contributed by atoms with Gasteiger partial charge >= 0.3 is 6.09 Å². The van der Waals surface area contributed by atoms with Crippen molar-refractivity contribution in [3.8, 4) is 0 Å². The quantitative estimate of drug-likeness (QED) is 0.123. The van der Waals surface area contributed by atoms with Crippen molar-refractivity contribution in [1.82, 2.24) is 15.5 Å². The van der Waals surface area contributed by atoms with Gasteiger partial charge in [0.25, 0.3) is 11.8 Å². The molecule has 2 heterocycles. The van der Waals surface area contributed by atoms with Gasteiger partial charge in [-0.05, 0) is 30.9 Å². The first-order valence-corrected chi connectivity index (χ1v) is 13.1. The highest BCUT2D eigenvalue weighted by molar-refractivity contribution is 6.24. The molecular weight excluding hydrogens is 512 g/mol. The minimum absolute atomic E-state index is 0.0548. The fourth-order valence-corrected chi connectivity index (χ4v) is 4.49. The van der Waals surface area contributed by atoms with E-state index >= 15 is 0 Å². The Morgan fingerprint density at radius 1 is 1.03 bits per heavy atom. The third-order valence-electron chi connectivity index (χ3n) is 6.40. The first-order valence-electron chi connectivity index (χ1n) is 13.1. The van der Waals surface area contributed by atoms with Crippen LogP contribution < -0.4 is 16.4 Å². The van der Waals surface area contributed by atoms with Crippen LogP contribution in [-0.4, -0.2) is 91.6 Å². The Balaban J connectivity index is 1.32. The lowest BCUT2D eigenvalue weighted by atomic mass is 10.00. The average Bonchev–Trinajstić information content (AvgIpc) is 3.14. The molecule has 1 aromatic rings. The number of carboxylic acid groups (broad SMARTS) is 1. The Morgan fingerprint density at radius 3 is 2.49 bits per heavy atom. The zero-order valence-electron chi connectivity index (χ0n) is 21.8. The first-order chi connectivity index (χ1) is 18.8. The standard InChI is InChI=1S/C26H36N4O9/c27-20(39-15-14-38-13-12-37-11-4-2-1-3-10-28-26(35)36)16-17-6-5-7-18-22(17)25(34)30(24(18)33)19-8-9-21(31)29-23(19)32/h5-7,19-20,28H,1-4,8-16,27H2,(H,35,36)(H,29,31,32). The van der Waals surface area contributed by atoms with Crippen LogP contribution in [0.2, 0.25) is 0 Å². The number of unbranched alkanes of at least 4 members (excludes halogenated alkanes) is 3. The highest BCUT2D eigenvalue weighted by Gasteiger charge is 2.45. The highest BCUT2D eigenvalue weighted by Crippen LogP contribution is 2.30. The molecule has 13 nitrogen and oxygen atoms in total. The van der Waals surface area contributed by atoms with Crippen LogP contribution in [0.15, 0.2) is 18.2 Å². The fraction of sp³-hybridized carbons (Fsp3) is 0.577. The summed E-state index contributed by atoms with van der Waals surface area (Å²) in [4.78, 5) is 61.1. The lowest BCUT2D eigenvalue weighted by Gasteiger charge is -2.27. The molecule has 0 aliphatic carbocycles. The molecule has 214 valence electrons. The minimum atomic E-state index is -1.03. The van der Waals surface area contributed by atoms with Crippen molar-refractivity contribution < 1.29 is 43.3 Å². The molecular formula is C26H36N4O9. The number of hydrogen-bond acceptors (Lipinski definition) is 9. The number of benzene rings is 1. The van der Waals surface area contributed by atoms with Crippen LogP contribution in [0.3, 0.4) is 0 Å². The average molecular weight is 549 g/mol. The molecule has 2 aliphatic heterocycles. The van der Waals surface area contributed by atoms with E-state index in [0.717, 1.165) is 30.6 Å². The fourth-order valence-electron chi connectivity index (χ4n) is 4.49. The van der Waals surface area contributed by atoms with Gasteiger partial charge in [-0.1, -0.05) is 25.0 Å². The Morgan fingerprint density at radius 2 is 1.74 bits per heavy atom. The molecule has 3 rings (SSSR count). The number of hydrogen-bond donors (Lipinski definition) is 4. The van der Waals surface area contributed by atoms with Crippen LogP contribution in [-0.2, 0) is 30.2 Å². The number of amides is 5. The molecule has 0 saturated carbocycles. The number of rotatable bonds is 17. The second kappa shape index (κ2) is 15.3. The lowest BCUT2D eigenvalue weighted by Crippen LogP contribution is -2.54. The van der Waals surface area contributed by atoms with Crippen LogP contribution in [0.4, 0.5) is 4.79 Å². The van der Waals surface area contributed by atoms with Gasteiger partial charge in [0.05, 0.1) is 37.6 Å². The summed E-state index contributed by atoms with van der Waals surface area (Å²) < 4.78 is 16.6. The molecule has 2 atom stereocenters. The SMILES string of the molecule is NC(Cc1cccc2c1C(=O)N(C1CCC(=O)NC1=O)C2=O)OCCOCCOCCCCCCNC(=O)O. The van der Waals surface area contributed by atoms with Crippen LogP contribution >= 0.6 is 0 Å². The molecule has 0 aromatic heterocycles. The highest BCUT2D eigenvalue weighted by atomic mass is 16.5. The molecule has 0 radical (unpaired) electrons. The van der Waals surface area contributed by atoms with Gasteiger partial charge in [0.1, 0.15) is 12.3 Å². The zero-order valence-corrected chi connectivity index (χ0v) is 21.8. The van der Waals surface area contributed by atoms with Crippen LogP contribution in [0, 0.1) is 0 Å². The van der Waals surface area contributed by atoms with Crippen molar-refractivity contribution in [3.05, 3.63) is 34.9 Å².